The summed E-state index contributed by atoms with van der Waals surface area (Å²) in [5.41, 5.74) is 4.98. The summed E-state index contributed by atoms with van der Waals surface area (Å²) in [6.45, 7) is 6.67. The molecule has 1 atom stereocenters. The average Bonchev–Trinajstić information content (AvgIpc) is 3.09. The molecule has 0 saturated heterocycles. The maximum atomic E-state index is 10.6. The second-order valence-corrected chi connectivity index (χ2v) is 9.33. The van der Waals surface area contributed by atoms with Gasteiger partial charge < -0.3 is 4.55 Å². The van der Waals surface area contributed by atoms with Gasteiger partial charge in [0.2, 0.25) is 0 Å². The lowest BCUT2D eigenvalue weighted by atomic mass is 9.90. The summed E-state index contributed by atoms with van der Waals surface area (Å²) >= 11 is 5.81. The minimum atomic E-state index is -2.29. The monoisotopic (exact) mass is 419 g/mol. The summed E-state index contributed by atoms with van der Waals surface area (Å²) in [7, 11) is 0. The Hall–Kier alpha value is -1.57. The first-order valence-electron chi connectivity index (χ1n) is 8.41. The Morgan fingerprint density at radius 1 is 1.19 bits per heavy atom. The highest BCUT2D eigenvalue weighted by Gasteiger charge is 2.16. The van der Waals surface area contributed by atoms with Gasteiger partial charge in [-0.15, -0.1) is 11.3 Å². The summed E-state index contributed by atoms with van der Waals surface area (Å²) in [6.07, 6.45) is 1.85. The summed E-state index contributed by atoms with van der Waals surface area (Å²) < 4.78 is 23.6. The van der Waals surface area contributed by atoms with Crippen LogP contribution in [-0.2, 0) is 23.2 Å². The zero-order valence-corrected chi connectivity index (χ0v) is 17.7. The highest BCUT2D eigenvalue weighted by Crippen LogP contribution is 2.37. The van der Waals surface area contributed by atoms with Crippen LogP contribution in [0.25, 0.3) is 21.6 Å². The Bertz CT molecular complexity index is 980. The summed E-state index contributed by atoms with van der Waals surface area (Å²) in [5.74, 6) is 0. The number of benzene rings is 1. The zero-order chi connectivity index (χ0) is 19.6. The Kier molecular flexibility index (Phi) is 6.13. The highest BCUT2D eigenvalue weighted by molar-refractivity contribution is 7.77. The van der Waals surface area contributed by atoms with Crippen molar-refractivity contribution in [3.8, 4) is 21.6 Å². The highest BCUT2D eigenvalue weighted by atomic mass is 35.5. The molecule has 0 spiro atoms. The minimum Gasteiger partial charge on any atom is -0.760 e. The van der Waals surface area contributed by atoms with E-state index >= 15 is 0 Å². The van der Waals surface area contributed by atoms with E-state index in [0.29, 0.717) is 5.02 Å². The van der Waals surface area contributed by atoms with Crippen molar-refractivity contribution >= 4 is 34.2 Å². The number of halogens is 1. The van der Waals surface area contributed by atoms with Gasteiger partial charge in [-0.25, -0.2) is 4.72 Å². The maximum absolute atomic E-state index is 10.6. The molecule has 1 aromatic carbocycles. The molecule has 0 aliphatic heterocycles. The van der Waals surface area contributed by atoms with Crippen molar-refractivity contribution in [1.82, 2.24) is 9.71 Å². The fourth-order valence-corrected chi connectivity index (χ4v) is 4.17. The zero-order valence-electron chi connectivity index (χ0n) is 15.3. The lowest BCUT2D eigenvalue weighted by Gasteiger charge is -2.17. The van der Waals surface area contributed by atoms with Crippen LogP contribution in [-0.4, -0.2) is 13.7 Å². The van der Waals surface area contributed by atoms with Gasteiger partial charge >= 0.3 is 0 Å². The van der Waals surface area contributed by atoms with E-state index in [0.717, 1.165) is 32.8 Å². The van der Waals surface area contributed by atoms with Crippen molar-refractivity contribution in [2.45, 2.75) is 32.7 Å². The molecule has 2 aromatic heterocycles. The molecule has 0 saturated carbocycles. The van der Waals surface area contributed by atoms with Crippen molar-refractivity contribution in [1.29, 1.82) is 0 Å². The molecule has 0 fully saturated rings. The van der Waals surface area contributed by atoms with Crippen LogP contribution in [0.15, 0.2) is 48.0 Å². The van der Waals surface area contributed by atoms with Gasteiger partial charge in [-0.2, -0.15) is 0 Å². The van der Waals surface area contributed by atoms with Crippen LogP contribution in [0.1, 0.15) is 32.0 Å². The van der Waals surface area contributed by atoms with Crippen LogP contribution in [0.4, 0.5) is 0 Å². The predicted octanol–water partition coefficient (Wildman–Crippen LogP) is 5.31. The van der Waals surface area contributed by atoms with E-state index in [2.05, 4.69) is 48.0 Å². The van der Waals surface area contributed by atoms with Crippen molar-refractivity contribution < 1.29 is 8.76 Å². The summed E-state index contributed by atoms with van der Waals surface area (Å²) in [6, 6.07) is 11.9. The van der Waals surface area contributed by atoms with Crippen LogP contribution in [0.5, 0.6) is 0 Å². The molecule has 2 heterocycles. The fraction of sp³-hybridized carbons (Fsp3) is 0.250. The Morgan fingerprint density at radius 3 is 2.63 bits per heavy atom. The number of hydrogen-bond donors (Lipinski definition) is 1. The van der Waals surface area contributed by atoms with Gasteiger partial charge in [0.1, 0.15) is 0 Å². The number of hydrogen-bond acceptors (Lipinski definition) is 4. The number of rotatable bonds is 5. The van der Waals surface area contributed by atoms with Gasteiger partial charge in [0, 0.05) is 50.6 Å². The number of aromatic nitrogens is 1. The van der Waals surface area contributed by atoms with E-state index < -0.39 is 11.3 Å². The average molecular weight is 420 g/mol. The van der Waals surface area contributed by atoms with E-state index in [4.69, 9.17) is 11.6 Å². The Balaban J connectivity index is 1.87. The molecule has 1 N–H and O–H groups in total. The third-order valence-electron chi connectivity index (χ3n) is 4.15. The molecule has 0 amide bonds. The summed E-state index contributed by atoms with van der Waals surface area (Å²) in [5, 5.41) is 2.68. The molecule has 0 radical (unpaired) electrons. The van der Waals surface area contributed by atoms with Crippen LogP contribution < -0.4 is 4.72 Å². The second kappa shape index (κ2) is 8.20. The molecular formula is C20H20ClN2O2S2-. The van der Waals surface area contributed by atoms with E-state index in [-0.39, 0.29) is 12.0 Å². The molecule has 3 aromatic rings. The van der Waals surface area contributed by atoms with Crippen LogP contribution >= 0.6 is 22.9 Å². The third-order valence-corrected chi connectivity index (χ3v) is 5.82. The van der Waals surface area contributed by atoms with Gasteiger partial charge in [-0.3, -0.25) is 9.19 Å². The SMILES string of the molecule is CC(C)(C)c1cc(-c2cc(-c3ccc(CNS(=O)[O-])cc3Cl)cs2)ccn1. The smallest absolute Gasteiger partial charge is 0.0487 e. The topological polar surface area (TPSA) is 65.0 Å². The lowest BCUT2D eigenvalue weighted by molar-refractivity contribution is 0.522. The molecule has 0 aliphatic rings. The molecule has 0 bridgehead atoms. The van der Waals surface area contributed by atoms with E-state index in [1.807, 2.05) is 24.4 Å². The van der Waals surface area contributed by atoms with Crippen molar-refractivity contribution in [2.24, 2.45) is 0 Å². The molecule has 27 heavy (non-hydrogen) atoms. The van der Waals surface area contributed by atoms with Gasteiger partial charge in [-0.1, -0.05) is 44.5 Å². The number of nitrogens with zero attached hydrogens (tertiary/aromatic N) is 1. The van der Waals surface area contributed by atoms with E-state index in [1.54, 1.807) is 17.4 Å². The Labute approximate surface area is 171 Å². The van der Waals surface area contributed by atoms with E-state index in [1.165, 1.54) is 0 Å². The first-order valence-corrected chi connectivity index (χ1v) is 10.7. The lowest BCUT2D eigenvalue weighted by Crippen LogP contribution is -2.15. The first-order chi connectivity index (χ1) is 12.7. The van der Waals surface area contributed by atoms with E-state index in [9.17, 15) is 8.76 Å². The largest absolute Gasteiger partial charge is 0.760 e. The summed E-state index contributed by atoms with van der Waals surface area (Å²) in [4.78, 5) is 5.64. The standard InChI is InChI=1S/C20H21ClN2O2S2/c1-20(2,3)19-10-14(6-7-22-19)18-9-15(12-26-18)16-5-4-13(8-17(16)21)11-23-27(24)25/h4-10,12,23H,11H2,1-3H3,(H,24,25)/p-1. The predicted molar refractivity (Wildman–Crippen MR) is 112 cm³/mol. The fourth-order valence-electron chi connectivity index (χ4n) is 2.67. The van der Waals surface area contributed by atoms with Crippen molar-refractivity contribution in [3.63, 3.8) is 0 Å². The quantitative estimate of drug-likeness (QED) is 0.569. The molecule has 3 rings (SSSR count). The molecule has 0 aliphatic carbocycles. The molecule has 7 heteroatoms. The number of pyridine rings is 1. The van der Waals surface area contributed by atoms with Gasteiger partial charge in [0.15, 0.2) is 0 Å². The number of nitrogens with one attached hydrogen (secondary N) is 1. The second-order valence-electron chi connectivity index (χ2n) is 7.25. The molecule has 142 valence electrons. The third kappa shape index (κ3) is 5.03. The van der Waals surface area contributed by atoms with Crippen LogP contribution in [0, 0.1) is 0 Å². The number of thiophene rings is 1. The molecule has 1 unspecified atom stereocenters. The van der Waals surface area contributed by atoms with Crippen molar-refractivity contribution in [2.75, 3.05) is 0 Å². The molecule has 4 nitrogen and oxygen atoms in total. The minimum absolute atomic E-state index is 0.00294. The van der Waals surface area contributed by atoms with Gasteiger partial charge in [0.25, 0.3) is 0 Å². The van der Waals surface area contributed by atoms with Gasteiger partial charge in [-0.05, 0) is 46.3 Å². The van der Waals surface area contributed by atoms with Crippen LogP contribution in [0.2, 0.25) is 5.02 Å². The van der Waals surface area contributed by atoms with Gasteiger partial charge in [0.05, 0.1) is 0 Å². The first kappa shape index (κ1) is 20.2. The maximum Gasteiger partial charge on any atom is 0.0487 e. The van der Waals surface area contributed by atoms with Crippen LogP contribution in [0.3, 0.4) is 0 Å². The molecular weight excluding hydrogens is 400 g/mol. The van der Waals surface area contributed by atoms with Crippen molar-refractivity contribution in [3.05, 3.63) is 64.3 Å². The Morgan fingerprint density at radius 2 is 1.96 bits per heavy atom. The normalized spacial score (nSPS) is 12.9.